The molecule has 0 spiro atoms. The molecule has 0 atom stereocenters. The van der Waals surface area contributed by atoms with Crippen LogP contribution in [0.2, 0.25) is 0 Å². The monoisotopic (exact) mass is 659 g/mol. The van der Waals surface area contributed by atoms with Gasteiger partial charge in [0.2, 0.25) is 0 Å². The van der Waals surface area contributed by atoms with E-state index in [0.717, 1.165) is 5.69 Å². The summed E-state index contributed by atoms with van der Waals surface area (Å²) in [5, 5.41) is 2.66. The largest absolute Gasteiger partial charge is 0.310 e. The molecular weight excluding hydrogens is 623 g/mol. The molecule has 0 amide bonds. The average molecular weight is 660 g/mol. The lowest BCUT2D eigenvalue weighted by Gasteiger charge is -2.35. The Balaban J connectivity index is 1.20. The molecule has 1 heterocycles. The van der Waals surface area contributed by atoms with E-state index in [4.69, 9.17) is 0 Å². The van der Waals surface area contributed by atoms with Crippen molar-refractivity contribution >= 4 is 48.6 Å². The van der Waals surface area contributed by atoms with Gasteiger partial charge in [-0.2, -0.15) is 0 Å². The molecular formula is C48H37NS. The van der Waals surface area contributed by atoms with E-state index in [9.17, 15) is 0 Å². The van der Waals surface area contributed by atoms with Crippen LogP contribution in [0.3, 0.4) is 0 Å². The van der Waals surface area contributed by atoms with Crippen LogP contribution in [0.1, 0.15) is 49.9 Å². The molecule has 2 aliphatic carbocycles. The fourth-order valence-electron chi connectivity index (χ4n) is 9.18. The molecule has 0 saturated heterocycles. The van der Waals surface area contributed by atoms with Crippen molar-refractivity contribution < 1.29 is 0 Å². The molecule has 0 aliphatic heterocycles. The molecule has 0 N–H and O–H groups in total. The normalized spacial score (nSPS) is 14.7. The summed E-state index contributed by atoms with van der Waals surface area (Å²) in [6.45, 7) is 9.57. The highest BCUT2D eigenvalue weighted by Crippen LogP contribution is 2.58. The summed E-state index contributed by atoms with van der Waals surface area (Å²) < 4.78 is 2.68. The number of thiophene rings is 1. The van der Waals surface area contributed by atoms with Gasteiger partial charge in [0.25, 0.3) is 0 Å². The number of nitrogens with zero attached hydrogens (tertiary/aromatic N) is 1. The predicted molar refractivity (Wildman–Crippen MR) is 215 cm³/mol. The standard InChI is InChI=1S/C48H37NS/c1-47(2)39-21-8-5-14-33(39)36-18-12-23-41(44(36)47)49(42-24-13-19-37-34-15-6-9-22-40(34)48(3,4)45(37)42)31-28-26-30(27-29-31)32-17-11-20-38-35-16-7-10-25-43(35)50-46(32)38/h5-29H,1-4H3. The number of benzene rings is 7. The predicted octanol–water partition coefficient (Wildman–Crippen LogP) is 13.8. The van der Waals surface area contributed by atoms with Crippen LogP contribution in [-0.2, 0) is 10.8 Å². The van der Waals surface area contributed by atoms with Crippen molar-refractivity contribution in [3.8, 4) is 33.4 Å². The Labute approximate surface area is 298 Å². The number of hydrogen-bond donors (Lipinski definition) is 0. The third kappa shape index (κ3) is 4.00. The maximum atomic E-state index is 2.56. The highest BCUT2D eigenvalue weighted by molar-refractivity contribution is 7.26. The zero-order valence-electron chi connectivity index (χ0n) is 28.8. The highest BCUT2D eigenvalue weighted by Gasteiger charge is 2.42. The summed E-state index contributed by atoms with van der Waals surface area (Å²) in [6, 6.07) is 56.6. The minimum absolute atomic E-state index is 0.159. The third-order valence-electron chi connectivity index (χ3n) is 11.4. The van der Waals surface area contributed by atoms with Crippen LogP contribution in [0.5, 0.6) is 0 Å². The number of fused-ring (bicyclic) bond motifs is 9. The Morgan fingerprint density at radius 3 is 1.52 bits per heavy atom. The van der Waals surface area contributed by atoms with Crippen LogP contribution in [0.15, 0.2) is 152 Å². The van der Waals surface area contributed by atoms with Gasteiger partial charge in [0.15, 0.2) is 0 Å². The quantitative estimate of drug-likeness (QED) is 0.182. The molecule has 0 unspecified atom stereocenters. The lowest BCUT2D eigenvalue weighted by atomic mass is 9.80. The lowest BCUT2D eigenvalue weighted by Crippen LogP contribution is -2.23. The van der Waals surface area contributed by atoms with Crippen molar-refractivity contribution in [2.75, 3.05) is 4.90 Å². The van der Waals surface area contributed by atoms with E-state index in [1.807, 2.05) is 11.3 Å². The molecule has 0 saturated carbocycles. The minimum Gasteiger partial charge on any atom is -0.310 e. The fourth-order valence-corrected chi connectivity index (χ4v) is 10.4. The van der Waals surface area contributed by atoms with Crippen molar-refractivity contribution in [2.45, 2.75) is 38.5 Å². The molecule has 0 bridgehead atoms. The van der Waals surface area contributed by atoms with Gasteiger partial charge in [-0.25, -0.2) is 0 Å². The Kier molecular flexibility index (Phi) is 6.21. The van der Waals surface area contributed by atoms with Gasteiger partial charge in [-0.15, -0.1) is 11.3 Å². The molecule has 240 valence electrons. The van der Waals surface area contributed by atoms with Crippen LogP contribution in [0, 0.1) is 0 Å². The zero-order chi connectivity index (χ0) is 33.8. The van der Waals surface area contributed by atoms with E-state index < -0.39 is 0 Å². The van der Waals surface area contributed by atoms with Crippen LogP contribution < -0.4 is 4.90 Å². The van der Waals surface area contributed by atoms with E-state index in [0.29, 0.717) is 0 Å². The first-order valence-electron chi connectivity index (χ1n) is 17.6. The summed E-state index contributed by atoms with van der Waals surface area (Å²) in [7, 11) is 0. The number of rotatable bonds is 4. The smallest absolute Gasteiger partial charge is 0.0508 e. The van der Waals surface area contributed by atoms with Crippen molar-refractivity contribution in [3.63, 3.8) is 0 Å². The van der Waals surface area contributed by atoms with Crippen LogP contribution in [0.4, 0.5) is 17.1 Å². The van der Waals surface area contributed by atoms with Gasteiger partial charge >= 0.3 is 0 Å². The summed E-state index contributed by atoms with van der Waals surface area (Å²) in [5.41, 5.74) is 16.7. The highest BCUT2D eigenvalue weighted by atomic mass is 32.1. The molecule has 8 aromatic rings. The van der Waals surface area contributed by atoms with Crippen LogP contribution >= 0.6 is 11.3 Å². The summed E-state index contributed by atoms with van der Waals surface area (Å²) in [4.78, 5) is 2.56. The minimum atomic E-state index is -0.159. The maximum Gasteiger partial charge on any atom is 0.0508 e. The Morgan fingerprint density at radius 1 is 0.420 bits per heavy atom. The molecule has 2 aliphatic rings. The van der Waals surface area contributed by atoms with Crippen molar-refractivity contribution in [1.29, 1.82) is 0 Å². The Bertz CT molecular complexity index is 2550. The van der Waals surface area contributed by atoms with Crippen molar-refractivity contribution in [2.24, 2.45) is 0 Å². The maximum absolute atomic E-state index is 2.56. The fraction of sp³-hybridized carbons (Fsp3) is 0.125. The second-order valence-corrected chi connectivity index (χ2v) is 16.0. The van der Waals surface area contributed by atoms with E-state index in [1.54, 1.807) is 0 Å². The van der Waals surface area contributed by atoms with E-state index in [-0.39, 0.29) is 10.8 Å². The lowest BCUT2D eigenvalue weighted by molar-refractivity contribution is 0.656. The molecule has 1 aromatic heterocycles. The summed E-state index contributed by atoms with van der Waals surface area (Å²) >= 11 is 1.89. The second-order valence-electron chi connectivity index (χ2n) is 14.9. The average Bonchev–Trinajstić information content (AvgIpc) is 3.73. The number of hydrogen-bond acceptors (Lipinski definition) is 2. The van der Waals surface area contributed by atoms with Gasteiger partial charge < -0.3 is 4.90 Å². The molecule has 0 radical (unpaired) electrons. The zero-order valence-corrected chi connectivity index (χ0v) is 29.6. The molecule has 10 rings (SSSR count). The Hall–Kier alpha value is -5.44. The summed E-state index contributed by atoms with van der Waals surface area (Å²) in [6.07, 6.45) is 0. The van der Waals surface area contributed by atoms with Gasteiger partial charge in [-0.3, -0.25) is 0 Å². The Morgan fingerprint density at radius 2 is 0.900 bits per heavy atom. The third-order valence-corrected chi connectivity index (χ3v) is 12.7. The number of anilines is 3. The van der Waals surface area contributed by atoms with E-state index >= 15 is 0 Å². The molecule has 2 heteroatoms. The van der Waals surface area contributed by atoms with Gasteiger partial charge in [-0.05, 0) is 86.0 Å². The SMILES string of the molecule is CC1(C)c2ccccc2-c2cccc(N(c3ccc(-c4cccc5c4sc4ccccc45)cc3)c3cccc4c3C(C)(C)c3ccccc3-4)c21. The topological polar surface area (TPSA) is 3.24 Å². The first kappa shape index (κ1) is 29.5. The van der Waals surface area contributed by atoms with Gasteiger partial charge in [0.05, 0.1) is 11.4 Å². The molecule has 0 fully saturated rings. The first-order chi connectivity index (χ1) is 24.3. The van der Waals surface area contributed by atoms with E-state index in [1.165, 1.54) is 87.2 Å². The molecule has 7 aromatic carbocycles. The van der Waals surface area contributed by atoms with E-state index in [2.05, 4.69) is 184 Å². The van der Waals surface area contributed by atoms with Crippen LogP contribution in [-0.4, -0.2) is 0 Å². The van der Waals surface area contributed by atoms with Gasteiger partial charge in [0.1, 0.15) is 0 Å². The molecule has 1 nitrogen and oxygen atoms in total. The van der Waals surface area contributed by atoms with Gasteiger partial charge in [0, 0.05) is 36.7 Å². The van der Waals surface area contributed by atoms with Crippen molar-refractivity contribution in [1.82, 2.24) is 0 Å². The summed E-state index contributed by atoms with van der Waals surface area (Å²) in [5.74, 6) is 0. The van der Waals surface area contributed by atoms with Crippen LogP contribution in [0.25, 0.3) is 53.6 Å². The second kappa shape index (κ2) is 10.5. The van der Waals surface area contributed by atoms with Crippen molar-refractivity contribution in [3.05, 3.63) is 174 Å². The molecule has 50 heavy (non-hydrogen) atoms. The first-order valence-corrected chi connectivity index (χ1v) is 18.4. The van der Waals surface area contributed by atoms with Gasteiger partial charge in [-0.1, -0.05) is 149 Å².